The maximum absolute atomic E-state index is 12.1. The number of nitrogen functional groups attached to an aromatic ring is 1. The van der Waals surface area contributed by atoms with Crippen LogP contribution in [0.15, 0.2) is 52.1 Å². The van der Waals surface area contributed by atoms with E-state index in [1.54, 1.807) is 12.1 Å². The summed E-state index contributed by atoms with van der Waals surface area (Å²) in [7, 11) is 0. The lowest BCUT2D eigenvalue weighted by atomic mass is 10.0. The number of rotatable bonds is 3. The Kier molecular flexibility index (Phi) is 4.04. The van der Waals surface area contributed by atoms with E-state index >= 15 is 0 Å². The lowest BCUT2D eigenvalue weighted by Crippen LogP contribution is -2.33. The molecule has 122 valence electrons. The van der Waals surface area contributed by atoms with Gasteiger partial charge in [0, 0.05) is 11.3 Å². The molecule has 0 amide bonds. The van der Waals surface area contributed by atoms with Gasteiger partial charge >= 0.3 is 5.69 Å². The highest BCUT2D eigenvalue weighted by Gasteiger charge is 2.10. The molecule has 0 aliphatic carbocycles. The molecule has 1 aromatic heterocycles. The molecule has 0 spiro atoms. The first-order chi connectivity index (χ1) is 11.4. The smallest absolute Gasteiger partial charge is 0.345 e. The second-order valence-corrected chi connectivity index (χ2v) is 5.81. The standard InChI is InChI=1S/C18H18N4O2/c1-11-3-6-14(9-12(11)2)16-17(23)20-18(24)22(21-16)10-13-4-7-15(19)8-5-13/h3-9H,10,19H2,1-2H3,(H,20,23,24). The van der Waals surface area contributed by atoms with Crippen LogP contribution in [0, 0.1) is 13.8 Å². The Morgan fingerprint density at radius 1 is 1.04 bits per heavy atom. The van der Waals surface area contributed by atoms with Crippen LogP contribution in [0.25, 0.3) is 11.3 Å². The number of anilines is 1. The van der Waals surface area contributed by atoms with Crippen LogP contribution in [-0.2, 0) is 6.54 Å². The van der Waals surface area contributed by atoms with Crippen LogP contribution in [0.2, 0.25) is 0 Å². The van der Waals surface area contributed by atoms with Crippen molar-refractivity contribution in [3.8, 4) is 11.3 Å². The van der Waals surface area contributed by atoms with Gasteiger partial charge in [0.1, 0.15) is 0 Å². The summed E-state index contributed by atoms with van der Waals surface area (Å²) in [6.45, 7) is 4.23. The highest BCUT2D eigenvalue weighted by Crippen LogP contribution is 2.17. The van der Waals surface area contributed by atoms with Crippen molar-refractivity contribution in [1.82, 2.24) is 14.8 Å². The van der Waals surface area contributed by atoms with E-state index in [9.17, 15) is 9.59 Å². The van der Waals surface area contributed by atoms with E-state index < -0.39 is 11.2 Å². The lowest BCUT2D eigenvalue weighted by Gasteiger charge is -2.08. The van der Waals surface area contributed by atoms with E-state index in [4.69, 9.17) is 5.73 Å². The number of aryl methyl sites for hydroxylation is 2. The average Bonchev–Trinajstić information content (AvgIpc) is 2.55. The van der Waals surface area contributed by atoms with Crippen molar-refractivity contribution < 1.29 is 0 Å². The summed E-state index contributed by atoms with van der Waals surface area (Å²) in [6, 6.07) is 12.8. The van der Waals surface area contributed by atoms with E-state index in [2.05, 4.69) is 10.1 Å². The molecule has 3 aromatic rings. The normalized spacial score (nSPS) is 10.8. The summed E-state index contributed by atoms with van der Waals surface area (Å²) in [5.74, 6) is 0. The molecule has 0 radical (unpaired) electrons. The van der Waals surface area contributed by atoms with Crippen molar-refractivity contribution >= 4 is 5.69 Å². The minimum absolute atomic E-state index is 0.230. The van der Waals surface area contributed by atoms with Crippen molar-refractivity contribution in [2.24, 2.45) is 0 Å². The molecule has 6 heteroatoms. The zero-order valence-corrected chi connectivity index (χ0v) is 13.5. The summed E-state index contributed by atoms with van der Waals surface area (Å²) < 4.78 is 1.25. The fourth-order valence-corrected chi connectivity index (χ4v) is 2.41. The number of H-pyrrole nitrogens is 1. The number of hydrogen-bond acceptors (Lipinski definition) is 4. The molecule has 0 atom stereocenters. The summed E-state index contributed by atoms with van der Waals surface area (Å²) >= 11 is 0. The second-order valence-electron chi connectivity index (χ2n) is 5.81. The minimum Gasteiger partial charge on any atom is -0.399 e. The maximum atomic E-state index is 12.1. The Balaban J connectivity index is 2.05. The van der Waals surface area contributed by atoms with Crippen LogP contribution in [0.4, 0.5) is 5.69 Å². The van der Waals surface area contributed by atoms with E-state index in [0.29, 0.717) is 11.3 Å². The Hall–Kier alpha value is -3.15. The fraction of sp³-hybridized carbons (Fsp3) is 0.167. The molecule has 3 N–H and O–H groups in total. The molecule has 0 fully saturated rings. The maximum Gasteiger partial charge on any atom is 0.345 e. The summed E-state index contributed by atoms with van der Waals surface area (Å²) in [5, 5.41) is 4.26. The van der Waals surface area contributed by atoms with Gasteiger partial charge in [0.15, 0.2) is 5.69 Å². The zero-order valence-electron chi connectivity index (χ0n) is 13.5. The van der Waals surface area contributed by atoms with Crippen LogP contribution >= 0.6 is 0 Å². The van der Waals surface area contributed by atoms with Crippen molar-refractivity contribution in [1.29, 1.82) is 0 Å². The molecule has 0 saturated heterocycles. The zero-order chi connectivity index (χ0) is 17.3. The van der Waals surface area contributed by atoms with E-state index in [0.717, 1.165) is 16.7 Å². The third-order valence-corrected chi connectivity index (χ3v) is 3.98. The number of benzene rings is 2. The first kappa shape index (κ1) is 15.7. The number of aromatic amines is 1. The molecular weight excluding hydrogens is 304 g/mol. The van der Waals surface area contributed by atoms with Crippen LogP contribution in [-0.4, -0.2) is 14.8 Å². The summed E-state index contributed by atoms with van der Waals surface area (Å²) in [5.41, 5.74) is 9.26. The molecular formula is C18H18N4O2. The molecule has 0 aliphatic heterocycles. The Morgan fingerprint density at radius 3 is 2.42 bits per heavy atom. The average molecular weight is 322 g/mol. The van der Waals surface area contributed by atoms with Gasteiger partial charge < -0.3 is 5.73 Å². The van der Waals surface area contributed by atoms with Crippen LogP contribution in [0.3, 0.4) is 0 Å². The monoisotopic (exact) mass is 322 g/mol. The van der Waals surface area contributed by atoms with Crippen molar-refractivity contribution in [2.75, 3.05) is 5.73 Å². The molecule has 6 nitrogen and oxygen atoms in total. The minimum atomic E-state index is -0.538. The third kappa shape index (κ3) is 3.12. The van der Waals surface area contributed by atoms with Crippen LogP contribution < -0.4 is 17.0 Å². The quantitative estimate of drug-likeness (QED) is 0.720. The molecule has 0 unspecified atom stereocenters. The van der Waals surface area contributed by atoms with Gasteiger partial charge in [0.05, 0.1) is 6.54 Å². The number of nitrogens with two attached hydrogens (primary N) is 1. The highest BCUT2D eigenvalue weighted by atomic mass is 16.2. The predicted molar refractivity (Wildman–Crippen MR) is 94.0 cm³/mol. The molecule has 2 aromatic carbocycles. The van der Waals surface area contributed by atoms with Gasteiger partial charge in [-0.2, -0.15) is 5.10 Å². The summed E-state index contributed by atoms with van der Waals surface area (Å²) in [6.07, 6.45) is 0. The molecule has 0 saturated carbocycles. The van der Waals surface area contributed by atoms with Gasteiger partial charge in [-0.3, -0.25) is 9.78 Å². The number of nitrogens with one attached hydrogen (secondary N) is 1. The number of aromatic nitrogens is 3. The van der Waals surface area contributed by atoms with Crippen molar-refractivity contribution in [3.05, 3.63) is 80.0 Å². The van der Waals surface area contributed by atoms with Gasteiger partial charge in [0.25, 0.3) is 5.56 Å². The number of nitrogens with zero attached hydrogens (tertiary/aromatic N) is 2. The fourth-order valence-electron chi connectivity index (χ4n) is 2.41. The first-order valence-corrected chi connectivity index (χ1v) is 7.57. The van der Waals surface area contributed by atoms with Crippen LogP contribution in [0.5, 0.6) is 0 Å². The first-order valence-electron chi connectivity index (χ1n) is 7.57. The third-order valence-electron chi connectivity index (χ3n) is 3.98. The molecule has 1 heterocycles. The Labute approximate surface area is 138 Å². The molecule has 24 heavy (non-hydrogen) atoms. The van der Waals surface area contributed by atoms with Crippen molar-refractivity contribution in [3.63, 3.8) is 0 Å². The topological polar surface area (TPSA) is 93.8 Å². The Morgan fingerprint density at radius 2 is 1.75 bits per heavy atom. The molecule has 0 bridgehead atoms. The van der Waals surface area contributed by atoms with E-state index in [-0.39, 0.29) is 12.2 Å². The largest absolute Gasteiger partial charge is 0.399 e. The van der Waals surface area contributed by atoms with Gasteiger partial charge in [-0.15, -0.1) is 0 Å². The predicted octanol–water partition coefficient (Wildman–Crippen LogP) is 1.85. The summed E-state index contributed by atoms with van der Waals surface area (Å²) in [4.78, 5) is 26.5. The van der Waals surface area contributed by atoms with Gasteiger partial charge in [0.2, 0.25) is 0 Å². The molecule has 3 rings (SSSR count). The van der Waals surface area contributed by atoms with E-state index in [1.165, 1.54) is 4.68 Å². The lowest BCUT2D eigenvalue weighted by molar-refractivity contribution is 0.612. The van der Waals surface area contributed by atoms with Gasteiger partial charge in [-0.1, -0.05) is 24.3 Å². The second kappa shape index (κ2) is 6.16. The van der Waals surface area contributed by atoms with Crippen molar-refractivity contribution in [2.45, 2.75) is 20.4 Å². The van der Waals surface area contributed by atoms with Gasteiger partial charge in [-0.05, 0) is 48.7 Å². The Bertz CT molecular complexity index is 1000. The highest BCUT2D eigenvalue weighted by molar-refractivity contribution is 5.59. The van der Waals surface area contributed by atoms with E-state index in [1.807, 2.05) is 44.2 Å². The van der Waals surface area contributed by atoms with Gasteiger partial charge in [-0.25, -0.2) is 9.48 Å². The van der Waals surface area contributed by atoms with Crippen LogP contribution in [0.1, 0.15) is 16.7 Å². The number of hydrogen-bond donors (Lipinski definition) is 2. The SMILES string of the molecule is Cc1ccc(-c2nn(Cc3ccc(N)cc3)c(=O)[nH]c2=O)cc1C. The molecule has 0 aliphatic rings.